The molecule has 0 spiro atoms. The lowest BCUT2D eigenvalue weighted by Crippen LogP contribution is -2.30. The first-order valence-corrected chi connectivity index (χ1v) is 8.68. The van der Waals surface area contributed by atoms with E-state index in [0.717, 1.165) is 16.5 Å². The first kappa shape index (κ1) is 18.2. The second-order valence-corrected chi connectivity index (χ2v) is 6.70. The van der Waals surface area contributed by atoms with Gasteiger partial charge >= 0.3 is 11.5 Å². The molecule has 3 aromatic rings. The Hall–Kier alpha value is -2.61. The maximum atomic E-state index is 12.3. The van der Waals surface area contributed by atoms with Gasteiger partial charge in [-0.15, -0.1) is 0 Å². The van der Waals surface area contributed by atoms with E-state index in [9.17, 15) is 18.0 Å². The molecule has 0 saturated heterocycles. The maximum Gasteiger partial charge on any atom is 0.446 e. The van der Waals surface area contributed by atoms with E-state index in [0.29, 0.717) is 18.7 Å². The number of alkyl halides is 3. The van der Waals surface area contributed by atoms with Crippen molar-refractivity contribution in [3.05, 3.63) is 60.3 Å². The standard InChI is InChI=1S/C18H16F3N3OS/c19-18(20,21)26-14-7-5-13(6-8-14)24-17(25)22-10-9-12-11-23-16-4-2-1-3-15(12)16/h1-8,11,23H,9-10H2,(H2,22,24,25). The van der Waals surface area contributed by atoms with Crippen LogP contribution >= 0.6 is 11.8 Å². The van der Waals surface area contributed by atoms with E-state index in [1.54, 1.807) is 0 Å². The summed E-state index contributed by atoms with van der Waals surface area (Å²) in [5, 5.41) is 6.46. The van der Waals surface area contributed by atoms with Gasteiger partial charge in [0.25, 0.3) is 0 Å². The highest BCUT2D eigenvalue weighted by atomic mass is 32.2. The van der Waals surface area contributed by atoms with Gasteiger partial charge in [0.2, 0.25) is 0 Å². The smallest absolute Gasteiger partial charge is 0.361 e. The van der Waals surface area contributed by atoms with Crippen LogP contribution in [0.1, 0.15) is 5.56 Å². The van der Waals surface area contributed by atoms with Gasteiger partial charge in [-0.2, -0.15) is 13.2 Å². The number of carbonyl (C=O) groups excluding carboxylic acids is 1. The summed E-state index contributed by atoms with van der Waals surface area (Å²) < 4.78 is 36.9. The quantitative estimate of drug-likeness (QED) is 0.538. The summed E-state index contributed by atoms with van der Waals surface area (Å²) in [6, 6.07) is 13.0. The number of fused-ring (bicyclic) bond motifs is 1. The second kappa shape index (κ2) is 7.74. The van der Waals surface area contributed by atoms with Gasteiger partial charge in [0, 0.05) is 34.2 Å². The zero-order chi connectivity index (χ0) is 18.6. The minimum absolute atomic E-state index is 0.0720. The van der Waals surface area contributed by atoms with Crippen LogP contribution in [0.5, 0.6) is 0 Å². The lowest BCUT2D eigenvalue weighted by atomic mass is 10.1. The van der Waals surface area contributed by atoms with Crippen LogP contribution in [0.4, 0.5) is 23.7 Å². The molecule has 0 aliphatic heterocycles. The number of amides is 2. The number of urea groups is 1. The molecular weight excluding hydrogens is 363 g/mol. The molecule has 1 heterocycles. The molecule has 0 aliphatic rings. The molecule has 0 fully saturated rings. The number of anilines is 1. The lowest BCUT2D eigenvalue weighted by molar-refractivity contribution is -0.0328. The van der Waals surface area contributed by atoms with Gasteiger partial charge in [0.1, 0.15) is 0 Å². The third-order valence-electron chi connectivity index (χ3n) is 3.70. The number of aromatic amines is 1. The molecular formula is C18H16F3N3OS. The number of para-hydroxylation sites is 1. The number of H-pyrrole nitrogens is 1. The minimum atomic E-state index is -4.32. The molecule has 0 bridgehead atoms. The number of thioether (sulfide) groups is 1. The molecule has 8 heteroatoms. The average molecular weight is 379 g/mol. The van der Waals surface area contributed by atoms with Crippen molar-refractivity contribution in [1.29, 1.82) is 0 Å². The van der Waals surface area contributed by atoms with Gasteiger partial charge in [-0.05, 0) is 54.1 Å². The van der Waals surface area contributed by atoms with Crippen molar-refractivity contribution < 1.29 is 18.0 Å². The maximum absolute atomic E-state index is 12.3. The van der Waals surface area contributed by atoms with Crippen LogP contribution in [0, 0.1) is 0 Å². The van der Waals surface area contributed by atoms with E-state index in [2.05, 4.69) is 15.6 Å². The summed E-state index contributed by atoms with van der Waals surface area (Å²) in [5.74, 6) is 0. The third kappa shape index (κ3) is 4.95. The van der Waals surface area contributed by atoms with E-state index >= 15 is 0 Å². The Morgan fingerprint density at radius 3 is 2.54 bits per heavy atom. The molecule has 0 radical (unpaired) electrons. The summed E-state index contributed by atoms with van der Waals surface area (Å²) in [5.41, 5.74) is -1.74. The van der Waals surface area contributed by atoms with Crippen molar-refractivity contribution in [3.8, 4) is 0 Å². The van der Waals surface area contributed by atoms with Crippen molar-refractivity contribution >= 4 is 34.4 Å². The fraction of sp³-hybridized carbons (Fsp3) is 0.167. The van der Waals surface area contributed by atoms with E-state index < -0.39 is 11.5 Å². The van der Waals surface area contributed by atoms with Crippen molar-refractivity contribution in [2.45, 2.75) is 16.8 Å². The Labute approximate surface area is 152 Å². The van der Waals surface area contributed by atoms with Crippen LogP contribution in [0.3, 0.4) is 0 Å². The first-order valence-electron chi connectivity index (χ1n) is 7.86. The number of aromatic nitrogens is 1. The first-order chi connectivity index (χ1) is 12.4. The fourth-order valence-corrected chi connectivity index (χ4v) is 3.10. The number of nitrogens with one attached hydrogen (secondary N) is 3. The van der Waals surface area contributed by atoms with E-state index in [1.807, 2.05) is 30.5 Å². The van der Waals surface area contributed by atoms with Crippen LogP contribution in [0.25, 0.3) is 10.9 Å². The van der Waals surface area contributed by atoms with E-state index in [1.165, 1.54) is 24.3 Å². The Morgan fingerprint density at radius 2 is 1.81 bits per heavy atom. The van der Waals surface area contributed by atoms with Gasteiger partial charge in [-0.25, -0.2) is 4.79 Å². The molecule has 3 N–H and O–H groups in total. The number of rotatable bonds is 5. The van der Waals surface area contributed by atoms with Gasteiger partial charge < -0.3 is 15.6 Å². The highest BCUT2D eigenvalue weighted by molar-refractivity contribution is 8.00. The summed E-state index contributed by atoms with van der Waals surface area (Å²) in [4.78, 5) is 15.2. The predicted molar refractivity (Wildman–Crippen MR) is 97.4 cm³/mol. The van der Waals surface area contributed by atoms with Gasteiger partial charge in [0.15, 0.2) is 0 Å². The van der Waals surface area contributed by atoms with Crippen molar-refractivity contribution in [2.24, 2.45) is 0 Å². The summed E-state index contributed by atoms with van der Waals surface area (Å²) in [7, 11) is 0. The normalized spacial score (nSPS) is 11.5. The summed E-state index contributed by atoms with van der Waals surface area (Å²) in [6.45, 7) is 0.440. The topological polar surface area (TPSA) is 56.9 Å². The Morgan fingerprint density at radius 1 is 1.08 bits per heavy atom. The summed E-state index contributed by atoms with van der Waals surface area (Å²) >= 11 is -0.190. The van der Waals surface area contributed by atoms with Gasteiger partial charge in [-0.1, -0.05) is 18.2 Å². The molecule has 2 aromatic carbocycles. The van der Waals surface area contributed by atoms with E-state index in [-0.39, 0.29) is 16.7 Å². The molecule has 136 valence electrons. The third-order valence-corrected chi connectivity index (χ3v) is 4.44. The highest BCUT2D eigenvalue weighted by Gasteiger charge is 2.29. The fourth-order valence-electron chi connectivity index (χ4n) is 2.56. The van der Waals surface area contributed by atoms with Crippen LogP contribution in [-0.2, 0) is 6.42 Å². The largest absolute Gasteiger partial charge is 0.446 e. The lowest BCUT2D eigenvalue weighted by Gasteiger charge is -2.09. The second-order valence-electron chi connectivity index (χ2n) is 5.56. The van der Waals surface area contributed by atoms with Crippen molar-refractivity contribution in [3.63, 3.8) is 0 Å². The number of hydrogen-bond donors (Lipinski definition) is 3. The van der Waals surface area contributed by atoms with Crippen molar-refractivity contribution in [1.82, 2.24) is 10.3 Å². The van der Waals surface area contributed by atoms with Crippen LogP contribution in [0.2, 0.25) is 0 Å². The molecule has 2 amide bonds. The SMILES string of the molecule is O=C(NCCc1c[nH]c2ccccc12)Nc1ccc(SC(F)(F)F)cc1. The van der Waals surface area contributed by atoms with Crippen LogP contribution < -0.4 is 10.6 Å². The number of benzene rings is 2. The van der Waals surface area contributed by atoms with Gasteiger partial charge in [-0.3, -0.25) is 0 Å². The Kier molecular flexibility index (Phi) is 5.41. The van der Waals surface area contributed by atoms with E-state index in [4.69, 9.17) is 0 Å². The monoisotopic (exact) mass is 379 g/mol. The molecule has 0 atom stereocenters. The van der Waals surface area contributed by atoms with Crippen LogP contribution in [-0.4, -0.2) is 23.1 Å². The van der Waals surface area contributed by atoms with Crippen LogP contribution in [0.15, 0.2) is 59.6 Å². The number of carbonyl (C=O) groups is 1. The molecule has 0 saturated carbocycles. The molecule has 3 rings (SSSR count). The molecule has 0 unspecified atom stereocenters. The van der Waals surface area contributed by atoms with Gasteiger partial charge in [0.05, 0.1) is 0 Å². The zero-order valence-electron chi connectivity index (χ0n) is 13.6. The summed E-state index contributed by atoms with van der Waals surface area (Å²) in [6.07, 6.45) is 2.58. The molecule has 26 heavy (non-hydrogen) atoms. The predicted octanol–water partition coefficient (Wildman–Crippen LogP) is 5.14. The molecule has 1 aromatic heterocycles. The minimum Gasteiger partial charge on any atom is -0.361 e. The Balaban J connectivity index is 1.48. The molecule has 0 aliphatic carbocycles. The molecule has 4 nitrogen and oxygen atoms in total. The van der Waals surface area contributed by atoms with Crippen molar-refractivity contribution in [2.75, 3.05) is 11.9 Å². The highest BCUT2D eigenvalue weighted by Crippen LogP contribution is 2.37. The number of halogens is 3. The zero-order valence-corrected chi connectivity index (χ0v) is 14.4. The Bertz CT molecular complexity index is 891. The average Bonchev–Trinajstić information content (AvgIpc) is 2.99. The number of hydrogen-bond acceptors (Lipinski definition) is 2.